The van der Waals surface area contributed by atoms with Crippen LogP contribution >= 0.6 is 0 Å². The van der Waals surface area contributed by atoms with Crippen molar-refractivity contribution < 1.29 is 14.9 Å². The summed E-state index contributed by atoms with van der Waals surface area (Å²) in [6.07, 6.45) is 2.90. The van der Waals surface area contributed by atoms with Crippen molar-refractivity contribution in [2.24, 2.45) is 0 Å². The number of benzene rings is 1. The van der Waals surface area contributed by atoms with Crippen LogP contribution < -0.4 is 0 Å². The first-order valence-electron chi connectivity index (χ1n) is 6.70. The van der Waals surface area contributed by atoms with Crippen molar-refractivity contribution in [2.45, 2.75) is 45.3 Å². The Morgan fingerprint density at radius 3 is 2.39 bits per heavy atom. The zero-order valence-electron chi connectivity index (χ0n) is 11.1. The Hall–Kier alpha value is -0.900. The second kappa shape index (κ2) is 9.09. The molecule has 0 aliphatic carbocycles. The van der Waals surface area contributed by atoms with E-state index in [4.69, 9.17) is 9.84 Å². The highest BCUT2D eigenvalue weighted by molar-refractivity contribution is 5.21. The number of hydrogen-bond donors (Lipinski definition) is 2. The van der Waals surface area contributed by atoms with Crippen LogP contribution in [0.25, 0.3) is 0 Å². The van der Waals surface area contributed by atoms with Crippen LogP contribution in [0.1, 0.15) is 37.3 Å². The van der Waals surface area contributed by atoms with E-state index < -0.39 is 6.10 Å². The molecule has 0 saturated carbocycles. The first kappa shape index (κ1) is 15.2. The van der Waals surface area contributed by atoms with Gasteiger partial charge < -0.3 is 14.9 Å². The van der Waals surface area contributed by atoms with Gasteiger partial charge in [0.05, 0.1) is 19.3 Å². The molecular weight excluding hydrogens is 228 g/mol. The van der Waals surface area contributed by atoms with E-state index in [0.29, 0.717) is 19.6 Å². The Kier molecular flexibility index (Phi) is 7.65. The van der Waals surface area contributed by atoms with Gasteiger partial charge >= 0.3 is 0 Å². The quantitative estimate of drug-likeness (QED) is 0.663. The van der Waals surface area contributed by atoms with Gasteiger partial charge in [-0.2, -0.15) is 0 Å². The predicted molar refractivity (Wildman–Crippen MR) is 72.4 cm³/mol. The summed E-state index contributed by atoms with van der Waals surface area (Å²) in [5, 5.41) is 18.3. The Bertz CT molecular complexity index is 308. The molecule has 0 radical (unpaired) electrons. The fourth-order valence-electron chi connectivity index (χ4n) is 1.76. The first-order chi connectivity index (χ1) is 8.76. The Balaban J connectivity index is 2.16. The molecular formula is C15H24O3. The summed E-state index contributed by atoms with van der Waals surface area (Å²) in [7, 11) is 0. The van der Waals surface area contributed by atoms with Gasteiger partial charge in [0.1, 0.15) is 0 Å². The Labute approximate surface area is 109 Å². The number of aliphatic hydroxyl groups is 2. The van der Waals surface area contributed by atoms with Crippen LogP contribution in [-0.4, -0.2) is 29.5 Å². The van der Waals surface area contributed by atoms with Gasteiger partial charge in [0.2, 0.25) is 0 Å². The zero-order valence-corrected chi connectivity index (χ0v) is 11.1. The summed E-state index contributed by atoms with van der Waals surface area (Å²) >= 11 is 0. The fraction of sp³-hybridized carbons (Fsp3) is 0.600. The van der Waals surface area contributed by atoms with Crippen LogP contribution in [0.5, 0.6) is 0 Å². The van der Waals surface area contributed by atoms with Gasteiger partial charge in [-0.1, -0.05) is 31.2 Å². The highest BCUT2D eigenvalue weighted by Crippen LogP contribution is 2.07. The summed E-state index contributed by atoms with van der Waals surface area (Å²) in [5.74, 6) is 0. The van der Waals surface area contributed by atoms with Gasteiger partial charge in [0.25, 0.3) is 0 Å². The van der Waals surface area contributed by atoms with Crippen molar-refractivity contribution in [2.75, 3.05) is 13.2 Å². The molecule has 1 aromatic carbocycles. The summed E-state index contributed by atoms with van der Waals surface area (Å²) in [5.41, 5.74) is 2.46. The molecule has 0 bridgehead atoms. The molecule has 3 heteroatoms. The van der Waals surface area contributed by atoms with Gasteiger partial charge in [-0.3, -0.25) is 0 Å². The number of hydrogen-bond acceptors (Lipinski definition) is 3. The smallest absolute Gasteiger partial charge is 0.0773 e. The molecule has 0 spiro atoms. The van der Waals surface area contributed by atoms with Crippen molar-refractivity contribution in [3.8, 4) is 0 Å². The minimum atomic E-state index is -0.425. The van der Waals surface area contributed by atoms with Crippen molar-refractivity contribution in [1.29, 1.82) is 0 Å². The van der Waals surface area contributed by atoms with Crippen LogP contribution in [-0.2, 0) is 17.8 Å². The fourth-order valence-corrected chi connectivity index (χ4v) is 1.76. The van der Waals surface area contributed by atoms with Crippen LogP contribution in [0.4, 0.5) is 0 Å². The third-order valence-electron chi connectivity index (χ3n) is 2.96. The lowest BCUT2D eigenvalue weighted by Gasteiger charge is -2.11. The lowest BCUT2D eigenvalue weighted by Crippen LogP contribution is -2.15. The topological polar surface area (TPSA) is 49.7 Å². The molecule has 0 aliphatic rings. The summed E-state index contributed by atoms with van der Waals surface area (Å²) in [6.45, 7) is 3.23. The normalized spacial score (nSPS) is 12.6. The standard InChI is InChI=1S/C15H24O3/c1-2-13-6-8-14(9-7-13)11-18-12-15(17)5-3-4-10-16/h6-9,15-17H,2-5,10-12H2,1H3. The van der Waals surface area contributed by atoms with E-state index in [1.807, 2.05) is 0 Å². The number of aliphatic hydroxyl groups excluding tert-OH is 2. The summed E-state index contributed by atoms with van der Waals surface area (Å²) in [4.78, 5) is 0. The van der Waals surface area contributed by atoms with Crippen LogP contribution in [0.2, 0.25) is 0 Å². The third kappa shape index (κ3) is 6.15. The number of unbranched alkanes of at least 4 members (excludes halogenated alkanes) is 1. The van der Waals surface area contributed by atoms with Gasteiger partial charge in [0.15, 0.2) is 0 Å². The number of rotatable bonds is 9. The van der Waals surface area contributed by atoms with Gasteiger partial charge in [0, 0.05) is 6.61 Å². The minimum Gasteiger partial charge on any atom is -0.396 e. The van der Waals surface area contributed by atoms with Crippen molar-refractivity contribution in [3.63, 3.8) is 0 Å². The van der Waals surface area contributed by atoms with E-state index in [1.165, 1.54) is 5.56 Å². The highest BCUT2D eigenvalue weighted by Gasteiger charge is 2.04. The summed E-state index contributed by atoms with van der Waals surface area (Å²) in [6, 6.07) is 8.35. The average molecular weight is 252 g/mol. The molecule has 1 atom stereocenters. The zero-order chi connectivity index (χ0) is 13.2. The number of ether oxygens (including phenoxy) is 1. The molecule has 102 valence electrons. The highest BCUT2D eigenvalue weighted by atomic mass is 16.5. The summed E-state index contributed by atoms with van der Waals surface area (Å²) < 4.78 is 5.47. The molecule has 0 aliphatic heterocycles. The van der Waals surface area contributed by atoms with Gasteiger partial charge in [-0.15, -0.1) is 0 Å². The predicted octanol–water partition coefficient (Wildman–Crippen LogP) is 2.29. The van der Waals surface area contributed by atoms with Crippen molar-refractivity contribution in [3.05, 3.63) is 35.4 Å². The van der Waals surface area contributed by atoms with Crippen molar-refractivity contribution >= 4 is 0 Å². The minimum absolute atomic E-state index is 0.192. The van der Waals surface area contributed by atoms with Crippen LogP contribution in [0.3, 0.4) is 0 Å². The van der Waals surface area contributed by atoms with E-state index in [2.05, 4.69) is 31.2 Å². The molecule has 0 aromatic heterocycles. The maximum atomic E-state index is 9.63. The molecule has 3 nitrogen and oxygen atoms in total. The average Bonchev–Trinajstić information content (AvgIpc) is 2.40. The van der Waals surface area contributed by atoms with E-state index in [0.717, 1.165) is 24.8 Å². The lowest BCUT2D eigenvalue weighted by molar-refractivity contribution is 0.0229. The largest absolute Gasteiger partial charge is 0.396 e. The van der Waals surface area contributed by atoms with Crippen molar-refractivity contribution in [1.82, 2.24) is 0 Å². The molecule has 18 heavy (non-hydrogen) atoms. The maximum absolute atomic E-state index is 9.63. The van der Waals surface area contributed by atoms with E-state index in [-0.39, 0.29) is 6.61 Å². The lowest BCUT2D eigenvalue weighted by atomic mass is 10.1. The maximum Gasteiger partial charge on any atom is 0.0773 e. The van der Waals surface area contributed by atoms with E-state index >= 15 is 0 Å². The van der Waals surface area contributed by atoms with Crippen LogP contribution in [0, 0.1) is 0 Å². The molecule has 1 rings (SSSR count). The molecule has 1 aromatic rings. The molecule has 0 heterocycles. The van der Waals surface area contributed by atoms with Gasteiger partial charge in [-0.05, 0) is 36.8 Å². The molecule has 0 saturated heterocycles. The first-order valence-corrected chi connectivity index (χ1v) is 6.70. The van der Waals surface area contributed by atoms with E-state index in [9.17, 15) is 5.11 Å². The second-order valence-corrected chi connectivity index (χ2v) is 4.56. The monoisotopic (exact) mass is 252 g/mol. The molecule has 0 amide bonds. The van der Waals surface area contributed by atoms with Gasteiger partial charge in [-0.25, -0.2) is 0 Å². The third-order valence-corrected chi connectivity index (χ3v) is 2.96. The Morgan fingerprint density at radius 1 is 1.11 bits per heavy atom. The van der Waals surface area contributed by atoms with Crippen LogP contribution in [0.15, 0.2) is 24.3 Å². The molecule has 0 fully saturated rings. The molecule has 2 N–H and O–H groups in total. The number of aryl methyl sites for hydroxylation is 1. The SMILES string of the molecule is CCc1ccc(COCC(O)CCCCO)cc1. The second-order valence-electron chi connectivity index (χ2n) is 4.56. The van der Waals surface area contributed by atoms with E-state index in [1.54, 1.807) is 0 Å². The Morgan fingerprint density at radius 2 is 1.78 bits per heavy atom. The molecule has 1 unspecified atom stereocenters.